The van der Waals surface area contributed by atoms with E-state index in [-0.39, 0.29) is 23.2 Å². The van der Waals surface area contributed by atoms with Crippen LogP contribution in [-0.4, -0.2) is 24.8 Å². The minimum absolute atomic E-state index is 0. The summed E-state index contributed by atoms with van der Waals surface area (Å²) in [4.78, 5) is 4.42. The summed E-state index contributed by atoms with van der Waals surface area (Å²) in [5.74, 6) is 0.613. The van der Waals surface area contributed by atoms with E-state index in [9.17, 15) is 8.42 Å². The predicted molar refractivity (Wildman–Crippen MR) is 84.8 cm³/mol. The van der Waals surface area contributed by atoms with E-state index in [2.05, 4.69) is 10.1 Å². The molecule has 22 heavy (non-hydrogen) atoms. The average molecular weight is 364 g/mol. The number of rotatable bonds is 3. The maximum absolute atomic E-state index is 11.6. The van der Waals surface area contributed by atoms with Crippen LogP contribution in [0.3, 0.4) is 0 Å². The van der Waals surface area contributed by atoms with Crippen molar-refractivity contribution in [1.29, 1.82) is 0 Å². The van der Waals surface area contributed by atoms with Gasteiger partial charge in [0.2, 0.25) is 0 Å². The Hall–Kier alpha value is -1.15. The molecule has 1 aliphatic rings. The van der Waals surface area contributed by atoms with Gasteiger partial charge in [0, 0.05) is 6.26 Å². The van der Waals surface area contributed by atoms with Crippen LogP contribution >= 0.6 is 24.0 Å². The fourth-order valence-electron chi connectivity index (χ4n) is 2.22. The fourth-order valence-corrected chi connectivity index (χ4v) is 3.06. The summed E-state index contributed by atoms with van der Waals surface area (Å²) < 4.78 is 28.4. The molecule has 0 saturated heterocycles. The van der Waals surface area contributed by atoms with Crippen molar-refractivity contribution in [2.24, 2.45) is 5.73 Å². The zero-order valence-corrected chi connectivity index (χ0v) is 14.1. The van der Waals surface area contributed by atoms with Crippen molar-refractivity contribution in [3.63, 3.8) is 0 Å². The van der Waals surface area contributed by atoms with Gasteiger partial charge in [-0.1, -0.05) is 16.8 Å². The summed E-state index contributed by atoms with van der Waals surface area (Å²) >= 11 is 6.10. The van der Waals surface area contributed by atoms with Crippen molar-refractivity contribution < 1.29 is 12.9 Å². The van der Waals surface area contributed by atoms with E-state index in [1.165, 1.54) is 18.2 Å². The van der Waals surface area contributed by atoms with Gasteiger partial charge in [-0.2, -0.15) is 4.98 Å². The van der Waals surface area contributed by atoms with E-state index in [4.69, 9.17) is 21.9 Å². The van der Waals surface area contributed by atoms with Gasteiger partial charge in [-0.3, -0.25) is 0 Å². The second kappa shape index (κ2) is 5.81. The van der Waals surface area contributed by atoms with Gasteiger partial charge in [0.1, 0.15) is 0 Å². The number of hydrogen-bond acceptors (Lipinski definition) is 6. The normalized spacial score (nSPS) is 16.7. The average Bonchev–Trinajstić information content (AvgIpc) is 2.84. The van der Waals surface area contributed by atoms with Crippen LogP contribution in [0.1, 0.15) is 25.1 Å². The summed E-state index contributed by atoms with van der Waals surface area (Å²) in [6.07, 6.45) is 3.78. The summed E-state index contributed by atoms with van der Waals surface area (Å²) in [6.45, 7) is 0. The minimum atomic E-state index is -3.34. The SMILES string of the molecule is CS(=O)(=O)c1ccc(Cl)c(-c2nc(C3(N)CCC3)no2)c1.Cl. The van der Waals surface area contributed by atoms with Crippen molar-refractivity contribution in [2.75, 3.05) is 6.26 Å². The standard InChI is InChI=1S/C13H14ClN3O3S.ClH/c1-21(18,19)8-3-4-10(14)9(7-8)11-16-12(17-20-11)13(15)5-2-6-13;/h3-4,7H,2,5-6,15H2,1H3;1H. The van der Waals surface area contributed by atoms with Gasteiger partial charge >= 0.3 is 0 Å². The first-order valence-electron chi connectivity index (χ1n) is 6.43. The fraction of sp³-hybridized carbons (Fsp3) is 0.385. The Morgan fingerprint density at radius 2 is 2.05 bits per heavy atom. The van der Waals surface area contributed by atoms with E-state index in [1.807, 2.05) is 0 Å². The highest BCUT2D eigenvalue weighted by atomic mass is 35.5. The Balaban J connectivity index is 0.00000176. The lowest BCUT2D eigenvalue weighted by atomic mass is 9.77. The molecule has 3 rings (SSSR count). The summed E-state index contributed by atoms with van der Waals surface area (Å²) in [7, 11) is -3.34. The lowest BCUT2D eigenvalue weighted by Crippen LogP contribution is -2.44. The molecule has 1 aliphatic carbocycles. The lowest BCUT2D eigenvalue weighted by molar-refractivity contribution is 0.229. The molecule has 0 radical (unpaired) electrons. The van der Waals surface area contributed by atoms with E-state index in [0.717, 1.165) is 25.5 Å². The largest absolute Gasteiger partial charge is 0.334 e. The Bertz CT molecular complexity index is 801. The Kier molecular flexibility index (Phi) is 4.54. The number of halogens is 2. The van der Waals surface area contributed by atoms with Gasteiger partial charge in [0.15, 0.2) is 15.7 Å². The van der Waals surface area contributed by atoms with Crippen LogP contribution in [-0.2, 0) is 15.4 Å². The number of hydrogen-bond donors (Lipinski definition) is 1. The van der Waals surface area contributed by atoms with Gasteiger partial charge in [-0.05, 0) is 37.5 Å². The molecule has 2 aromatic rings. The van der Waals surface area contributed by atoms with Crippen LogP contribution in [0, 0.1) is 0 Å². The molecule has 2 N–H and O–H groups in total. The Morgan fingerprint density at radius 1 is 1.36 bits per heavy atom. The number of nitrogens with zero attached hydrogens (tertiary/aromatic N) is 2. The smallest absolute Gasteiger partial charge is 0.259 e. The van der Waals surface area contributed by atoms with Crippen molar-refractivity contribution in [1.82, 2.24) is 10.1 Å². The number of benzene rings is 1. The quantitative estimate of drug-likeness (QED) is 0.899. The Labute approximate surface area is 139 Å². The van der Waals surface area contributed by atoms with E-state index in [1.54, 1.807) is 0 Å². The lowest BCUT2D eigenvalue weighted by Gasteiger charge is -2.34. The molecule has 0 bridgehead atoms. The van der Waals surface area contributed by atoms with Gasteiger partial charge in [-0.15, -0.1) is 12.4 Å². The van der Waals surface area contributed by atoms with Crippen LogP contribution in [0.25, 0.3) is 11.5 Å². The van der Waals surface area contributed by atoms with Gasteiger partial charge in [0.25, 0.3) is 5.89 Å². The number of aromatic nitrogens is 2. The third-order valence-corrected chi connectivity index (χ3v) is 5.15. The molecule has 6 nitrogen and oxygen atoms in total. The van der Waals surface area contributed by atoms with E-state index >= 15 is 0 Å². The van der Waals surface area contributed by atoms with Crippen molar-refractivity contribution in [3.05, 3.63) is 29.0 Å². The van der Waals surface area contributed by atoms with Crippen molar-refractivity contribution in [3.8, 4) is 11.5 Å². The molecule has 1 saturated carbocycles. The van der Waals surface area contributed by atoms with Crippen LogP contribution in [0.15, 0.2) is 27.6 Å². The first-order chi connectivity index (χ1) is 9.79. The highest BCUT2D eigenvalue weighted by Gasteiger charge is 2.39. The topological polar surface area (TPSA) is 99.1 Å². The zero-order chi connectivity index (χ0) is 15.3. The highest BCUT2D eigenvalue weighted by molar-refractivity contribution is 7.90. The first kappa shape index (κ1) is 17.2. The molecular weight excluding hydrogens is 349 g/mol. The summed E-state index contributed by atoms with van der Waals surface area (Å²) in [5.41, 5.74) is 5.99. The van der Waals surface area contributed by atoms with Crippen LogP contribution in [0.5, 0.6) is 0 Å². The second-order valence-corrected chi connectivity index (χ2v) is 7.77. The highest BCUT2D eigenvalue weighted by Crippen LogP contribution is 2.38. The van der Waals surface area contributed by atoms with Crippen LogP contribution in [0.2, 0.25) is 5.02 Å². The number of nitrogens with two attached hydrogens (primary N) is 1. The van der Waals surface area contributed by atoms with Gasteiger partial charge in [-0.25, -0.2) is 8.42 Å². The second-order valence-electron chi connectivity index (χ2n) is 5.35. The number of sulfone groups is 1. The zero-order valence-electron chi connectivity index (χ0n) is 11.7. The van der Waals surface area contributed by atoms with Gasteiger partial charge < -0.3 is 10.3 Å². The minimum Gasteiger partial charge on any atom is -0.334 e. The Morgan fingerprint density at radius 3 is 2.59 bits per heavy atom. The molecule has 0 spiro atoms. The summed E-state index contributed by atoms with van der Waals surface area (Å²) in [6, 6.07) is 4.37. The molecule has 0 unspecified atom stereocenters. The maximum Gasteiger partial charge on any atom is 0.259 e. The van der Waals surface area contributed by atoms with Crippen LogP contribution < -0.4 is 5.73 Å². The van der Waals surface area contributed by atoms with E-state index in [0.29, 0.717) is 16.4 Å². The van der Waals surface area contributed by atoms with Crippen molar-refractivity contribution in [2.45, 2.75) is 29.7 Å². The predicted octanol–water partition coefficient (Wildman–Crippen LogP) is 2.55. The van der Waals surface area contributed by atoms with Gasteiger partial charge in [0.05, 0.1) is 21.0 Å². The molecule has 1 aromatic carbocycles. The van der Waals surface area contributed by atoms with Crippen LogP contribution in [0.4, 0.5) is 0 Å². The molecular formula is C13H15Cl2N3O3S. The molecule has 1 aromatic heterocycles. The molecule has 0 aliphatic heterocycles. The monoisotopic (exact) mass is 363 g/mol. The first-order valence-corrected chi connectivity index (χ1v) is 8.70. The molecule has 9 heteroatoms. The summed E-state index contributed by atoms with van der Waals surface area (Å²) in [5, 5.41) is 4.24. The van der Waals surface area contributed by atoms with E-state index < -0.39 is 15.4 Å². The molecule has 0 atom stereocenters. The van der Waals surface area contributed by atoms with Crippen molar-refractivity contribution >= 4 is 33.8 Å². The molecule has 0 amide bonds. The molecule has 120 valence electrons. The third kappa shape index (κ3) is 2.99. The molecule has 1 heterocycles. The maximum atomic E-state index is 11.6. The molecule has 1 fully saturated rings. The third-order valence-electron chi connectivity index (χ3n) is 3.71.